The number of rotatable bonds is 5. The number of alkyl halides is 3. The Morgan fingerprint density at radius 1 is 1.04 bits per heavy atom. The zero-order valence-electron chi connectivity index (χ0n) is 14.4. The van der Waals surface area contributed by atoms with Crippen LogP contribution in [0.25, 0.3) is 22.0 Å². The predicted octanol–water partition coefficient (Wildman–Crippen LogP) is 4.74. The van der Waals surface area contributed by atoms with Gasteiger partial charge in [0.15, 0.2) is 5.58 Å². The fourth-order valence-electron chi connectivity index (χ4n) is 2.90. The molecule has 0 fully saturated rings. The van der Waals surface area contributed by atoms with Crippen molar-refractivity contribution in [2.24, 2.45) is 0 Å². The molecule has 0 amide bonds. The highest BCUT2D eigenvalue weighted by Gasteiger charge is 2.35. The second kappa shape index (κ2) is 7.31. The minimum atomic E-state index is -4.61. The Morgan fingerprint density at radius 2 is 1.79 bits per heavy atom. The zero-order valence-corrected chi connectivity index (χ0v) is 15.3. The number of hydrogen-bond donors (Lipinski definition) is 0. The van der Waals surface area contributed by atoms with Gasteiger partial charge in [-0.2, -0.15) is 13.2 Å². The molecular formula is C19H14F3N3O2S. The molecule has 0 aliphatic carbocycles. The number of oxazole rings is 1. The summed E-state index contributed by atoms with van der Waals surface area (Å²) in [6.07, 6.45) is -4.05. The zero-order chi connectivity index (χ0) is 19.7. The van der Waals surface area contributed by atoms with E-state index in [2.05, 4.69) is 9.97 Å². The molecular weight excluding hydrogens is 391 g/mol. The number of aryl methyl sites for hydroxylation is 1. The van der Waals surface area contributed by atoms with Gasteiger partial charge in [-0.15, -0.1) is 11.8 Å². The molecule has 0 radical (unpaired) electrons. The van der Waals surface area contributed by atoms with Crippen molar-refractivity contribution in [1.82, 2.24) is 14.5 Å². The van der Waals surface area contributed by atoms with Crippen LogP contribution in [0.3, 0.4) is 0 Å². The number of fused-ring (bicyclic) bond motifs is 2. The SMILES string of the molecule is O=c1oc2ccccc2n1CCCSc1nc(C(F)(F)F)nc2ccccc12. The molecule has 0 aliphatic rings. The van der Waals surface area contributed by atoms with Crippen molar-refractivity contribution in [2.45, 2.75) is 24.2 Å². The summed E-state index contributed by atoms with van der Waals surface area (Å²) in [5, 5.41) is 0.855. The molecule has 0 unspecified atom stereocenters. The van der Waals surface area contributed by atoms with Crippen LogP contribution < -0.4 is 5.76 Å². The van der Waals surface area contributed by atoms with Gasteiger partial charge < -0.3 is 4.42 Å². The average Bonchev–Trinajstić information content (AvgIpc) is 2.99. The van der Waals surface area contributed by atoms with Gasteiger partial charge in [-0.1, -0.05) is 30.3 Å². The minimum absolute atomic E-state index is 0.254. The molecule has 28 heavy (non-hydrogen) atoms. The van der Waals surface area contributed by atoms with E-state index in [9.17, 15) is 18.0 Å². The number of benzene rings is 2. The van der Waals surface area contributed by atoms with Crippen LogP contribution in [0, 0.1) is 0 Å². The molecule has 9 heteroatoms. The number of hydrogen-bond acceptors (Lipinski definition) is 5. The number of halogens is 3. The first-order valence-electron chi connectivity index (χ1n) is 8.48. The number of nitrogens with zero attached hydrogens (tertiary/aromatic N) is 3. The van der Waals surface area contributed by atoms with Gasteiger partial charge in [0, 0.05) is 17.7 Å². The number of aromatic nitrogens is 3. The molecule has 4 rings (SSSR count). The first kappa shape index (κ1) is 18.5. The predicted molar refractivity (Wildman–Crippen MR) is 100 cm³/mol. The lowest BCUT2D eigenvalue weighted by molar-refractivity contribution is -0.145. The van der Waals surface area contributed by atoms with E-state index in [4.69, 9.17) is 4.42 Å². The summed E-state index contributed by atoms with van der Waals surface area (Å²) in [6.45, 7) is 0.401. The van der Waals surface area contributed by atoms with E-state index in [-0.39, 0.29) is 10.5 Å². The van der Waals surface area contributed by atoms with E-state index in [0.29, 0.717) is 35.2 Å². The van der Waals surface area contributed by atoms with Crippen molar-refractivity contribution >= 4 is 33.8 Å². The normalized spacial score (nSPS) is 12.1. The largest absolute Gasteiger partial charge is 0.451 e. The van der Waals surface area contributed by atoms with Crippen molar-refractivity contribution in [3.63, 3.8) is 0 Å². The van der Waals surface area contributed by atoms with Crippen LogP contribution in [0.15, 0.2) is 62.8 Å². The highest BCUT2D eigenvalue weighted by molar-refractivity contribution is 7.99. The van der Waals surface area contributed by atoms with Crippen molar-refractivity contribution in [3.8, 4) is 0 Å². The Labute approximate surface area is 161 Å². The highest BCUT2D eigenvalue weighted by atomic mass is 32.2. The van der Waals surface area contributed by atoms with E-state index in [1.54, 1.807) is 36.4 Å². The first-order chi connectivity index (χ1) is 13.4. The summed E-state index contributed by atoms with van der Waals surface area (Å²) < 4.78 is 45.9. The van der Waals surface area contributed by atoms with E-state index in [0.717, 1.165) is 0 Å². The van der Waals surface area contributed by atoms with E-state index < -0.39 is 17.8 Å². The molecule has 144 valence electrons. The van der Waals surface area contributed by atoms with E-state index in [1.807, 2.05) is 6.07 Å². The Hall–Kier alpha value is -2.81. The summed E-state index contributed by atoms with van der Waals surface area (Å²) >= 11 is 1.22. The van der Waals surface area contributed by atoms with Gasteiger partial charge in [-0.05, 0) is 24.6 Å². The molecule has 2 aromatic heterocycles. The van der Waals surface area contributed by atoms with Gasteiger partial charge in [0.05, 0.1) is 11.0 Å². The monoisotopic (exact) mass is 405 g/mol. The van der Waals surface area contributed by atoms with Gasteiger partial charge >= 0.3 is 11.9 Å². The minimum Gasteiger partial charge on any atom is -0.408 e. The maximum absolute atomic E-state index is 13.1. The third-order valence-electron chi connectivity index (χ3n) is 4.16. The lowest BCUT2D eigenvalue weighted by Gasteiger charge is -2.10. The molecule has 0 spiro atoms. The molecule has 5 nitrogen and oxygen atoms in total. The topological polar surface area (TPSA) is 60.9 Å². The van der Waals surface area contributed by atoms with Crippen molar-refractivity contribution in [3.05, 3.63) is 64.9 Å². The molecule has 4 aromatic rings. The fourth-order valence-corrected chi connectivity index (χ4v) is 3.85. The maximum Gasteiger partial charge on any atom is 0.451 e. The van der Waals surface area contributed by atoms with Crippen LogP contribution in [0.4, 0.5) is 13.2 Å². The summed E-state index contributed by atoms with van der Waals surface area (Å²) in [7, 11) is 0. The molecule has 2 aromatic carbocycles. The van der Waals surface area contributed by atoms with E-state index >= 15 is 0 Å². The van der Waals surface area contributed by atoms with Gasteiger partial charge in [0.1, 0.15) is 5.03 Å². The van der Waals surface area contributed by atoms with Crippen molar-refractivity contribution in [2.75, 3.05) is 5.75 Å². The third-order valence-corrected chi connectivity index (χ3v) is 5.24. The Balaban J connectivity index is 1.53. The third kappa shape index (κ3) is 3.62. The molecule has 0 saturated carbocycles. The van der Waals surface area contributed by atoms with Gasteiger partial charge in [-0.25, -0.2) is 14.8 Å². The van der Waals surface area contributed by atoms with Gasteiger partial charge in [-0.3, -0.25) is 4.57 Å². The second-order valence-electron chi connectivity index (χ2n) is 6.06. The molecule has 0 N–H and O–H groups in total. The summed E-state index contributed by atoms with van der Waals surface area (Å²) in [5.74, 6) is -1.10. The summed E-state index contributed by atoms with van der Waals surface area (Å²) in [4.78, 5) is 19.3. The van der Waals surface area contributed by atoms with Crippen LogP contribution in [0.5, 0.6) is 0 Å². The Kier molecular flexibility index (Phi) is 4.84. The van der Waals surface area contributed by atoms with Crippen molar-refractivity contribution < 1.29 is 17.6 Å². The number of para-hydroxylation sites is 3. The molecule has 0 saturated heterocycles. The van der Waals surface area contributed by atoms with E-state index in [1.165, 1.54) is 22.4 Å². The fraction of sp³-hybridized carbons (Fsp3) is 0.211. The Morgan fingerprint density at radius 3 is 2.61 bits per heavy atom. The maximum atomic E-state index is 13.1. The lowest BCUT2D eigenvalue weighted by atomic mass is 10.2. The van der Waals surface area contributed by atoms with Crippen molar-refractivity contribution in [1.29, 1.82) is 0 Å². The molecule has 2 heterocycles. The number of thioether (sulfide) groups is 1. The lowest BCUT2D eigenvalue weighted by Crippen LogP contribution is -2.14. The first-order valence-corrected chi connectivity index (χ1v) is 9.47. The smallest absolute Gasteiger partial charge is 0.408 e. The van der Waals surface area contributed by atoms with Crippen LogP contribution in [0.1, 0.15) is 12.2 Å². The molecule has 0 atom stereocenters. The van der Waals surface area contributed by atoms with Crippen LogP contribution in [-0.4, -0.2) is 20.3 Å². The van der Waals surface area contributed by atoms with Crippen LogP contribution >= 0.6 is 11.8 Å². The average molecular weight is 405 g/mol. The summed E-state index contributed by atoms with van der Waals surface area (Å²) in [5.41, 5.74) is 1.46. The van der Waals surface area contributed by atoms with Gasteiger partial charge in [0.25, 0.3) is 0 Å². The molecule has 0 aliphatic heterocycles. The van der Waals surface area contributed by atoms with Gasteiger partial charge in [0.2, 0.25) is 5.82 Å². The Bertz CT molecular complexity index is 1200. The van der Waals surface area contributed by atoms with Crippen LogP contribution in [-0.2, 0) is 12.7 Å². The summed E-state index contributed by atoms with van der Waals surface area (Å²) in [6, 6.07) is 13.7. The standard InChI is InChI=1S/C19H14F3N3O2S/c20-19(21,22)17-23-13-7-2-1-6-12(13)16(24-17)28-11-5-10-25-14-8-3-4-9-15(14)27-18(25)26/h1-4,6-9H,5,10-11H2. The second-order valence-corrected chi connectivity index (χ2v) is 7.14. The quantitative estimate of drug-likeness (QED) is 0.273. The van der Waals surface area contributed by atoms with Crippen LogP contribution in [0.2, 0.25) is 0 Å². The highest BCUT2D eigenvalue weighted by Crippen LogP contribution is 2.32. The molecule has 0 bridgehead atoms.